The smallest absolute Gasteiger partial charge is 0.339 e. The minimum absolute atomic E-state index is 0.295. The number of aryl methyl sites for hydroxylation is 2. The maximum atomic E-state index is 13.0. The lowest BCUT2D eigenvalue weighted by atomic mass is 9.97. The first-order valence-electron chi connectivity index (χ1n) is 7.77. The molecule has 0 aliphatic heterocycles. The summed E-state index contributed by atoms with van der Waals surface area (Å²) in [6.45, 7) is 5.82. The van der Waals surface area contributed by atoms with E-state index in [0.717, 1.165) is 33.4 Å². The molecule has 3 rings (SSSR count). The van der Waals surface area contributed by atoms with Crippen LogP contribution in [0.2, 0.25) is 0 Å². The zero-order valence-electron chi connectivity index (χ0n) is 14.2. The van der Waals surface area contributed by atoms with Gasteiger partial charge in [0, 0.05) is 22.9 Å². The summed E-state index contributed by atoms with van der Waals surface area (Å²) in [5.74, 6) is 0.512. The summed E-state index contributed by atoms with van der Waals surface area (Å²) >= 11 is 0. The summed E-state index contributed by atoms with van der Waals surface area (Å²) < 4.78 is 24.1. The van der Waals surface area contributed by atoms with Gasteiger partial charge in [-0.25, -0.2) is 9.18 Å². The van der Waals surface area contributed by atoms with Gasteiger partial charge in [-0.3, -0.25) is 0 Å². The van der Waals surface area contributed by atoms with Crippen LogP contribution in [0.15, 0.2) is 39.5 Å². The third kappa shape index (κ3) is 2.68. The molecule has 2 aromatic carbocycles. The molecule has 0 bridgehead atoms. The average molecular weight is 326 g/mol. The Balaban J connectivity index is 2.19. The maximum absolute atomic E-state index is 13.0. The summed E-state index contributed by atoms with van der Waals surface area (Å²) in [5, 5.41) is 0.867. The molecule has 0 aliphatic carbocycles. The standard InChI is InChI=1S/C20H19FO3/c1-11-12(2)19-17(13(3)18(11)23-4)10-15(20(22)24-19)9-14-5-7-16(21)8-6-14/h5-8,10H,9H2,1-4H3. The number of rotatable bonds is 3. The monoisotopic (exact) mass is 326 g/mol. The fraction of sp³-hybridized carbons (Fsp3) is 0.250. The lowest BCUT2D eigenvalue weighted by Crippen LogP contribution is -2.09. The van der Waals surface area contributed by atoms with Crippen LogP contribution in [0.3, 0.4) is 0 Å². The molecule has 0 atom stereocenters. The van der Waals surface area contributed by atoms with E-state index in [1.54, 1.807) is 19.2 Å². The number of halogens is 1. The summed E-state index contributed by atoms with van der Waals surface area (Å²) in [7, 11) is 1.64. The Morgan fingerprint density at radius 1 is 1.04 bits per heavy atom. The van der Waals surface area contributed by atoms with Gasteiger partial charge in [-0.1, -0.05) is 12.1 Å². The number of fused-ring (bicyclic) bond motifs is 1. The normalized spacial score (nSPS) is 11.0. The number of benzene rings is 2. The second-order valence-electron chi connectivity index (χ2n) is 6.01. The molecule has 0 saturated heterocycles. The van der Waals surface area contributed by atoms with Gasteiger partial charge >= 0.3 is 5.63 Å². The molecule has 3 nitrogen and oxygen atoms in total. The van der Waals surface area contributed by atoms with Crippen molar-refractivity contribution in [3.05, 3.63) is 74.4 Å². The molecule has 24 heavy (non-hydrogen) atoms. The first-order valence-corrected chi connectivity index (χ1v) is 7.77. The number of hydrogen-bond donors (Lipinski definition) is 0. The quantitative estimate of drug-likeness (QED) is 0.667. The number of ether oxygens (including phenoxy) is 1. The molecule has 0 saturated carbocycles. The highest BCUT2D eigenvalue weighted by Crippen LogP contribution is 2.34. The van der Waals surface area contributed by atoms with Crippen molar-refractivity contribution >= 4 is 11.0 Å². The zero-order valence-corrected chi connectivity index (χ0v) is 14.2. The van der Waals surface area contributed by atoms with Crippen LogP contribution >= 0.6 is 0 Å². The van der Waals surface area contributed by atoms with E-state index < -0.39 is 0 Å². The Labute approximate surface area is 139 Å². The van der Waals surface area contributed by atoms with Gasteiger partial charge < -0.3 is 9.15 Å². The van der Waals surface area contributed by atoms with Gasteiger partial charge in [0.2, 0.25) is 0 Å². The Morgan fingerprint density at radius 2 is 1.71 bits per heavy atom. The summed E-state index contributed by atoms with van der Waals surface area (Å²) in [6, 6.07) is 7.98. The van der Waals surface area contributed by atoms with Gasteiger partial charge in [-0.2, -0.15) is 0 Å². The van der Waals surface area contributed by atoms with Crippen molar-refractivity contribution in [1.82, 2.24) is 0 Å². The molecule has 1 heterocycles. The van der Waals surface area contributed by atoms with Crippen molar-refractivity contribution in [2.24, 2.45) is 0 Å². The van der Waals surface area contributed by atoms with Crippen LogP contribution in [0.25, 0.3) is 11.0 Å². The van der Waals surface area contributed by atoms with Crippen molar-refractivity contribution in [1.29, 1.82) is 0 Å². The van der Waals surface area contributed by atoms with Crippen LogP contribution in [-0.4, -0.2) is 7.11 Å². The van der Waals surface area contributed by atoms with Crippen molar-refractivity contribution < 1.29 is 13.5 Å². The highest BCUT2D eigenvalue weighted by atomic mass is 19.1. The molecule has 3 aromatic rings. The molecule has 0 aliphatic rings. The lowest BCUT2D eigenvalue weighted by molar-refractivity contribution is 0.408. The zero-order chi connectivity index (χ0) is 17.4. The van der Waals surface area contributed by atoms with E-state index in [4.69, 9.17) is 9.15 Å². The topological polar surface area (TPSA) is 39.4 Å². The minimum atomic E-state index is -0.362. The van der Waals surface area contributed by atoms with E-state index in [1.165, 1.54) is 12.1 Å². The predicted octanol–water partition coefficient (Wildman–Crippen LogP) is 4.46. The Hall–Kier alpha value is -2.62. The average Bonchev–Trinajstić information content (AvgIpc) is 2.57. The molecule has 0 fully saturated rings. The van der Waals surface area contributed by atoms with Gasteiger partial charge in [0.15, 0.2) is 0 Å². The first-order chi connectivity index (χ1) is 11.4. The maximum Gasteiger partial charge on any atom is 0.339 e. The number of hydrogen-bond acceptors (Lipinski definition) is 3. The Bertz CT molecular complexity index is 969. The van der Waals surface area contributed by atoms with Crippen LogP contribution < -0.4 is 10.4 Å². The van der Waals surface area contributed by atoms with Gasteiger partial charge in [-0.15, -0.1) is 0 Å². The van der Waals surface area contributed by atoms with Crippen LogP contribution in [-0.2, 0) is 6.42 Å². The van der Waals surface area contributed by atoms with Crippen molar-refractivity contribution in [2.75, 3.05) is 7.11 Å². The second kappa shape index (κ2) is 6.11. The van der Waals surface area contributed by atoms with Crippen LogP contribution in [0.4, 0.5) is 4.39 Å². The third-order valence-electron chi connectivity index (χ3n) is 4.52. The minimum Gasteiger partial charge on any atom is -0.496 e. The third-order valence-corrected chi connectivity index (χ3v) is 4.52. The van der Waals surface area contributed by atoms with E-state index in [9.17, 15) is 9.18 Å². The van der Waals surface area contributed by atoms with E-state index in [-0.39, 0.29) is 11.4 Å². The molecular weight excluding hydrogens is 307 g/mol. The van der Waals surface area contributed by atoms with E-state index in [2.05, 4.69) is 0 Å². The van der Waals surface area contributed by atoms with Crippen LogP contribution in [0.5, 0.6) is 5.75 Å². The van der Waals surface area contributed by atoms with Gasteiger partial charge in [0.25, 0.3) is 0 Å². The van der Waals surface area contributed by atoms with Crippen LogP contribution in [0, 0.1) is 26.6 Å². The molecule has 0 N–H and O–H groups in total. The molecule has 124 valence electrons. The highest BCUT2D eigenvalue weighted by Gasteiger charge is 2.16. The predicted molar refractivity (Wildman–Crippen MR) is 92.5 cm³/mol. The molecule has 4 heteroatoms. The summed E-state index contributed by atoms with van der Waals surface area (Å²) in [5.41, 5.74) is 4.45. The molecule has 0 amide bonds. The first kappa shape index (κ1) is 16.2. The molecule has 0 spiro atoms. The van der Waals surface area contributed by atoms with E-state index in [0.29, 0.717) is 17.6 Å². The highest BCUT2D eigenvalue weighted by molar-refractivity contribution is 5.87. The Morgan fingerprint density at radius 3 is 2.33 bits per heavy atom. The van der Waals surface area contributed by atoms with E-state index >= 15 is 0 Å². The molecule has 0 unspecified atom stereocenters. The van der Waals surface area contributed by atoms with Crippen LogP contribution in [0.1, 0.15) is 27.8 Å². The van der Waals surface area contributed by atoms with Gasteiger partial charge in [-0.05, 0) is 55.7 Å². The molecule has 1 aromatic heterocycles. The largest absolute Gasteiger partial charge is 0.496 e. The van der Waals surface area contributed by atoms with Crippen molar-refractivity contribution in [2.45, 2.75) is 27.2 Å². The lowest BCUT2D eigenvalue weighted by Gasteiger charge is -2.15. The SMILES string of the molecule is COc1c(C)c(C)c2oc(=O)c(Cc3ccc(F)cc3)cc2c1C. The van der Waals surface area contributed by atoms with Crippen molar-refractivity contribution in [3.63, 3.8) is 0 Å². The summed E-state index contributed by atoms with van der Waals surface area (Å²) in [4.78, 5) is 12.4. The number of methoxy groups -OCH3 is 1. The molecule has 0 radical (unpaired) electrons. The fourth-order valence-corrected chi connectivity index (χ4v) is 3.06. The Kier molecular flexibility index (Phi) is 4.14. The van der Waals surface area contributed by atoms with Crippen molar-refractivity contribution in [3.8, 4) is 5.75 Å². The van der Waals surface area contributed by atoms with Gasteiger partial charge in [0.1, 0.15) is 17.1 Å². The molecular formula is C20H19FO3. The summed E-state index contributed by atoms with van der Waals surface area (Å²) in [6.07, 6.45) is 0.396. The second-order valence-corrected chi connectivity index (χ2v) is 6.01. The van der Waals surface area contributed by atoms with E-state index in [1.807, 2.05) is 26.8 Å². The fourth-order valence-electron chi connectivity index (χ4n) is 3.06. The van der Waals surface area contributed by atoms with Gasteiger partial charge in [0.05, 0.1) is 7.11 Å².